The summed E-state index contributed by atoms with van der Waals surface area (Å²) < 4.78 is 81.4. The Balaban J connectivity index is 1.84. The second-order valence-electron chi connectivity index (χ2n) is 7.86. The van der Waals surface area contributed by atoms with Crippen molar-refractivity contribution in [1.29, 1.82) is 0 Å². The summed E-state index contributed by atoms with van der Waals surface area (Å²) in [6, 6.07) is 9.43. The van der Waals surface area contributed by atoms with Crippen LogP contribution < -0.4 is 22.2 Å². The second kappa shape index (κ2) is 7.51. The lowest BCUT2D eigenvalue weighted by atomic mass is 10.1. The van der Waals surface area contributed by atoms with Crippen LogP contribution in [0.1, 0.15) is 11.1 Å². The fraction of sp³-hybridized carbons (Fsp3) is 0.0833. The molecule has 0 aliphatic heterocycles. The zero-order chi connectivity index (χ0) is 26.2. The van der Waals surface area contributed by atoms with Crippen LogP contribution in [0.2, 0.25) is 0 Å². The molecule has 0 aliphatic carbocycles. The van der Waals surface area contributed by atoms with Crippen molar-refractivity contribution < 1.29 is 26.3 Å². The van der Waals surface area contributed by atoms with Crippen molar-refractivity contribution in [3.8, 4) is 11.4 Å². The molecule has 0 amide bonds. The molecule has 6 nitrogen and oxygen atoms in total. The first-order chi connectivity index (χ1) is 16.8. The third-order valence-electron chi connectivity index (χ3n) is 5.79. The highest BCUT2D eigenvalue weighted by molar-refractivity contribution is 5.98. The number of aromatic nitrogens is 2. The van der Waals surface area contributed by atoms with Crippen molar-refractivity contribution in [2.45, 2.75) is 12.4 Å². The van der Waals surface area contributed by atoms with Crippen molar-refractivity contribution in [3.05, 3.63) is 113 Å². The van der Waals surface area contributed by atoms with Crippen LogP contribution in [0.25, 0.3) is 32.9 Å². The van der Waals surface area contributed by atoms with Crippen LogP contribution in [0.4, 0.5) is 26.3 Å². The number of alkyl halides is 6. The van der Waals surface area contributed by atoms with Crippen LogP contribution >= 0.6 is 0 Å². The van der Waals surface area contributed by atoms with Crippen LogP contribution in [-0.4, -0.2) is 9.13 Å². The van der Waals surface area contributed by atoms with Gasteiger partial charge in [0.25, 0.3) is 22.2 Å². The number of nitrogens with zero attached hydrogens (tertiary/aromatic N) is 2. The maximum absolute atomic E-state index is 13.5. The highest BCUT2D eigenvalue weighted by atomic mass is 19.4. The molecule has 0 spiro atoms. The van der Waals surface area contributed by atoms with Gasteiger partial charge in [0.15, 0.2) is 0 Å². The van der Waals surface area contributed by atoms with Crippen LogP contribution in [0.3, 0.4) is 0 Å². The first-order valence-electron chi connectivity index (χ1n) is 10.1. The summed E-state index contributed by atoms with van der Waals surface area (Å²) in [5.41, 5.74) is -8.70. The van der Waals surface area contributed by atoms with Gasteiger partial charge in [-0.3, -0.25) is 19.2 Å². The zero-order valence-electron chi connectivity index (χ0n) is 17.6. The molecule has 5 rings (SSSR count). The lowest BCUT2D eigenvalue weighted by Crippen LogP contribution is -2.27. The number of benzene rings is 3. The lowest BCUT2D eigenvalue weighted by Gasteiger charge is -2.12. The first-order valence-corrected chi connectivity index (χ1v) is 10.1. The van der Waals surface area contributed by atoms with Gasteiger partial charge in [-0.15, -0.1) is 0 Å². The van der Waals surface area contributed by atoms with Gasteiger partial charge in [-0.2, -0.15) is 26.3 Å². The van der Waals surface area contributed by atoms with Crippen LogP contribution in [0.15, 0.2) is 79.8 Å². The zero-order valence-corrected chi connectivity index (χ0v) is 17.6. The van der Waals surface area contributed by atoms with Gasteiger partial charge in [-0.1, -0.05) is 24.3 Å². The Morgan fingerprint density at radius 3 is 1.03 bits per heavy atom. The molecule has 0 unspecified atom stereocenters. The Morgan fingerprint density at radius 1 is 0.472 bits per heavy atom. The van der Waals surface area contributed by atoms with Crippen LogP contribution in [0, 0.1) is 0 Å². The third kappa shape index (κ3) is 3.28. The van der Waals surface area contributed by atoms with Crippen molar-refractivity contribution >= 4 is 21.5 Å². The molecule has 12 heteroatoms. The van der Waals surface area contributed by atoms with Gasteiger partial charge in [-0.05, 0) is 36.4 Å². The van der Waals surface area contributed by atoms with E-state index in [9.17, 15) is 45.5 Å². The van der Waals surface area contributed by atoms with E-state index in [4.69, 9.17) is 0 Å². The predicted molar refractivity (Wildman–Crippen MR) is 118 cm³/mol. The Bertz CT molecular complexity index is 1690. The summed E-state index contributed by atoms with van der Waals surface area (Å²) in [6.45, 7) is 0. The van der Waals surface area contributed by atoms with Gasteiger partial charge >= 0.3 is 12.4 Å². The predicted octanol–water partition coefficient (Wildman–Crippen LogP) is 3.93. The Labute approximate surface area is 194 Å². The maximum Gasteiger partial charge on any atom is 0.418 e. The van der Waals surface area contributed by atoms with E-state index in [1.807, 2.05) is 0 Å². The molecule has 0 saturated heterocycles. The molecule has 36 heavy (non-hydrogen) atoms. The van der Waals surface area contributed by atoms with Crippen molar-refractivity contribution in [1.82, 2.24) is 9.13 Å². The van der Waals surface area contributed by atoms with Crippen molar-refractivity contribution in [2.75, 3.05) is 0 Å². The summed E-state index contributed by atoms with van der Waals surface area (Å²) in [4.78, 5) is 52.0. The fourth-order valence-electron chi connectivity index (χ4n) is 4.23. The van der Waals surface area contributed by atoms with Gasteiger partial charge < -0.3 is 0 Å². The van der Waals surface area contributed by atoms with Gasteiger partial charge in [0, 0.05) is 0 Å². The van der Waals surface area contributed by atoms with E-state index in [1.54, 1.807) is 0 Å². The number of para-hydroxylation sites is 2. The van der Waals surface area contributed by atoms with Crippen LogP contribution in [0.5, 0.6) is 0 Å². The van der Waals surface area contributed by atoms with E-state index in [2.05, 4.69) is 0 Å². The SMILES string of the molecule is O=c1c2cc3c(=O)n(-c4ccccc4C(F)(F)F)c(=O)c3cc2c(=O)n1-c1ccccc1C(F)(F)F. The molecule has 5 aromatic rings. The lowest BCUT2D eigenvalue weighted by molar-refractivity contribution is -0.138. The molecular formula is C24H10F6N2O4. The van der Waals surface area contributed by atoms with Crippen LogP contribution in [-0.2, 0) is 12.4 Å². The van der Waals surface area contributed by atoms with E-state index in [-0.39, 0.29) is 9.13 Å². The number of rotatable bonds is 2. The highest BCUT2D eigenvalue weighted by Gasteiger charge is 2.36. The molecule has 0 N–H and O–H groups in total. The molecule has 0 saturated carbocycles. The monoisotopic (exact) mass is 504 g/mol. The molecule has 3 aromatic carbocycles. The Morgan fingerprint density at radius 2 is 0.750 bits per heavy atom. The van der Waals surface area contributed by atoms with E-state index >= 15 is 0 Å². The Kier molecular flexibility index (Phi) is 4.85. The molecule has 2 heterocycles. The second-order valence-corrected chi connectivity index (χ2v) is 7.86. The van der Waals surface area contributed by atoms with Gasteiger partial charge in [0.05, 0.1) is 44.0 Å². The molecule has 2 aromatic heterocycles. The number of hydrogen-bond acceptors (Lipinski definition) is 4. The van der Waals surface area contributed by atoms with Gasteiger partial charge in [0.1, 0.15) is 0 Å². The highest BCUT2D eigenvalue weighted by Crippen LogP contribution is 2.34. The Hall–Kier alpha value is -4.48. The van der Waals surface area contributed by atoms with E-state index in [0.717, 1.165) is 36.4 Å². The standard InChI is InChI=1S/C24H10F6N2O4/c25-23(26,27)15-5-1-3-7-17(15)31-19(33)11-9-13-14(10-12(11)20(31)34)22(36)32(21(13)35)18-8-4-2-6-16(18)24(28,29)30/h1-10H. The summed E-state index contributed by atoms with van der Waals surface area (Å²) in [7, 11) is 0. The van der Waals surface area contributed by atoms with Crippen molar-refractivity contribution in [2.24, 2.45) is 0 Å². The molecule has 0 bridgehead atoms. The maximum atomic E-state index is 13.5. The number of hydrogen-bond donors (Lipinski definition) is 0. The average molecular weight is 504 g/mol. The van der Waals surface area contributed by atoms with E-state index < -0.39 is 78.6 Å². The molecule has 182 valence electrons. The summed E-state index contributed by atoms with van der Waals surface area (Å²) >= 11 is 0. The summed E-state index contributed by atoms with van der Waals surface area (Å²) in [5.74, 6) is 0. The molecule has 0 atom stereocenters. The molecule has 0 fully saturated rings. The molecular weight excluding hydrogens is 494 g/mol. The van der Waals surface area contributed by atoms with E-state index in [1.165, 1.54) is 12.1 Å². The number of fused-ring (bicyclic) bond motifs is 2. The topological polar surface area (TPSA) is 78.1 Å². The number of halogens is 6. The minimum absolute atomic E-state index is 0.286. The fourth-order valence-corrected chi connectivity index (χ4v) is 4.23. The smallest absolute Gasteiger partial charge is 0.268 e. The normalized spacial score (nSPS) is 12.6. The van der Waals surface area contributed by atoms with Gasteiger partial charge in [-0.25, -0.2) is 9.13 Å². The van der Waals surface area contributed by atoms with Gasteiger partial charge in [0.2, 0.25) is 0 Å². The third-order valence-corrected chi connectivity index (χ3v) is 5.79. The first kappa shape index (κ1) is 23.3. The van der Waals surface area contributed by atoms with E-state index in [0.29, 0.717) is 12.1 Å². The summed E-state index contributed by atoms with van der Waals surface area (Å²) in [5, 5.41) is -1.82. The molecule has 0 radical (unpaired) electrons. The minimum atomic E-state index is -4.90. The summed E-state index contributed by atoms with van der Waals surface area (Å²) in [6.07, 6.45) is -9.79. The average Bonchev–Trinajstić information content (AvgIpc) is 3.20. The van der Waals surface area contributed by atoms with Crippen molar-refractivity contribution in [3.63, 3.8) is 0 Å². The quantitative estimate of drug-likeness (QED) is 0.342. The largest absolute Gasteiger partial charge is 0.418 e. The molecule has 0 aliphatic rings. The minimum Gasteiger partial charge on any atom is -0.268 e.